The zero-order chi connectivity index (χ0) is 15.6. The molecule has 0 aliphatic carbocycles. The van der Waals surface area contributed by atoms with Crippen LogP contribution in [0.15, 0.2) is 29.2 Å². The van der Waals surface area contributed by atoms with Crippen molar-refractivity contribution >= 4 is 15.8 Å². The molecule has 1 rings (SSSR count). The number of halogens is 3. The number of carbonyl (C=O) groups is 1. The number of rotatable bonds is 4. The number of sulfone groups is 1. The van der Waals surface area contributed by atoms with Crippen molar-refractivity contribution in [3.63, 3.8) is 0 Å². The zero-order valence-electron chi connectivity index (χ0n) is 10.8. The third-order valence-corrected chi connectivity index (χ3v) is 4.54. The minimum Gasteiger partial charge on any atom is -0.469 e. The van der Waals surface area contributed by atoms with E-state index in [1.54, 1.807) is 0 Å². The van der Waals surface area contributed by atoms with E-state index in [4.69, 9.17) is 0 Å². The summed E-state index contributed by atoms with van der Waals surface area (Å²) in [6, 6.07) is 3.13. The Hall–Kier alpha value is -1.57. The molecule has 1 aromatic rings. The first-order chi connectivity index (χ1) is 9.08. The molecule has 0 saturated carbocycles. The molecule has 0 bridgehead atoms. The van der Waals surface area contributed by atoms with Crippen LogP contribution < -0.4 is 0 Å². The van der Waals surface area contributed by atoms with Gasteiger partial charge in [-0.15, -0.1) is 0 Å². The van der Waals surface area contributed by atoms with E-state index in [-0.39, 0.29) is 4.90 Å². The highest BCUT2D eigenvalue weighted by Crippen LogP contribution is 2.30. The van der Waals surface area contributed by atoms with Crippen molar-refractivity contribution in [1.29, 1.82) is 0 Å². The van der Waals surface area contributed by atoms with Crippen molar-refractivity contribution < 1.29 is 31.1 Å². The van der Waals surface area contributed by atoms with Crippen LogP contribution in [0.1, 0.15) is 12.5 Å². The monoisotopic (exact) mass is 310 g/mol. The van der Waals surface area contributed by atoms with Gasteiger partial charge in [0.1, 0.15) is 0 Å². The predicted octanol–water partition coefficient (Wildman–Crippen LogP) is 2.29. The van der Waals surface area contributed by atoms with Gasteiger partial charge in [0.05, 0.1) is 29.2 Å². The second-order valence-electron chi connectivity index (χ2n) is 4.23. The smallest absolute Gasteiger partial charge is 0.416 e. The van der Waals surface area contributed by atoms with Gasteiger partial charge in [-0.3, -0.25) is 4.79 Å². The van der Waals surface area contributed by atoms with Gasteiger partial charge in [-0.2, -0.15) is 13.2 Å². The van der Waals surface area contributed by atoms with Gasteiger partial charge in [-0.25, -0.2) is 8.42 Å². The standard InChI is InChI=1S/C12H13F3O4S/c1-8(11(16)19-2)7-20(17,18)10-5-3-9(4-6-10)12(13,14)15/h3-6,8H,7H2,1-2H3. The quantitative estimate of drug-likeness (QED) is 0.801. The first kappa shape index (κ1) is 16.5. The van der Waals surface area contributed by atoms with Crippen LogP contribution in [0, 0.1) is 5.92 Å². The summed E-state index contributed by atoms with van der Waals surface area (Å²) in [4.78, 5) is 10.9. The molecule has 0 aliphatic heterocycles. The van der Waals surface area contributed by atoms with Gasteiger partial charge >= 0.3 is 12.1 Å². The number of benzene rings is 1. The molecule has 0 aliphatic rings. The molecule has 0 heterocycles. The van der Waals surface area contributed by atoms with Crippen molar-refractivity contribution in [2.45, 2.75) is 18.0 Å². The Balaban J connectivity index is 2.97. The molecule has 1 aromatic carbocycles. The highest BCUT2D eigenvalue weighted by Gasteiger charge is 2.31. The van der Waals surface area contributed by atoms with Crippen molar-refractivity contribution in [3.8, 4) is 0 Å². The Morgan fingerprint density at radius 1 is 1.25 bits per heavy atom. The fraction of sp³-hybridized carbons (Fsp3) is 0.417. The highest BCUT2D eigenvalue weighted by atomic mass is 32.2. The first-order valence-electron chi connectivity index (χ1n) is 5.56. The van der Waals surface area contributed by atoms with E-state index in [1.807, 2.05) is 0 Å². The Morgan fingerprint density at radius 3 is 2.15 bits per heavy atom. The van der Waals surface area contributed by atoms with Gasteiger partial charge in [-0.05, 0) is 24.3 Å². The molecule has 0 N–H and O–H groups in total. The van der Waals surface area contributed by atoms with Crippen molar-refractivity contribution in [2.75, 3.05) is 12.9 Å². The molecule has 20 heavy (non-hydrogen) atoms. The normalized spacial score (nSPS) is 13.8. The van der Waals surface area contributed by atoms with Crippen molar-refractivity contribution in [1.82, 2.24) is 0 Å². The number of alkyl halides is 3. The Labute approximate surface area is 114 Å². The lowest BCUT2D eigenvalue weighted by Gasteiger charge is -2.11. The molecular weight excluding hydrogens is 297 g/mol. The molecular formula is C12H13F3O4S. The number of esters is 1. The van der Waals surface area contributed by atoms with E-state index in [2.05, 4.69) is 4.74 Å². The largest absolute Gasteiger partial charge is 0.469 e. The first-order valence-corrected chi connectivity index (χ1v) is 7.21. The van der Waals surface area contributed by atoms with Crippen LogP contribution in [0.2, 0.25) is 0 Å². The Bertz CT molecular complexity index is 576. The van der Waals surface area contributed by atoms with E-state index in [0.717, 1.165) is 19.2 Å². The van der Waals surface area contributed by atoms with Crippen LogP contribution in [-0.4, -0.2) is 27.2 Å². The number of hydrogen-bond donors (Lipinski definition) is 0. The van der Waals surface area contributed by atoms with Gasteiger partial charge in [0.15, 0.2) is 9.84 Å². The Morgan fingerprint density at radius 2 is 1.75 bits per heavy atom. The van der Waals surface area contributed by atoms with E-state index < -0.39 is 39.2 Å². The van der Waals surface area contributed by atoms with Crippen molar-refractivity contribution in [2.24, 2.45) is 5.92 Å². The highest BCUT2D eigenvalue weighted by molar-refractivity contribution is 7.91. The second kappa shape index (κ2) is 5.82. The molecule has 0 spiro atoms. The fourth-order valence-electron chi connectivity index (χ4n) is 1.55. The lowest BCUT2D eigenvalue weighted by Crippen LogP contribution is -2.22. The molecule has 1 unspecified atom stereocenters. The molecule has 112 valence electrons. The summed E-state index contributed by atoms with van der Waals surface area (Å²) in [6.45, 7) is 1.37. The maximum Gasteiger partial charge on any atom is 0.416 e. The summed E-state index contributed by atoms with van der Waals surface area (Å²) in [7, 11) is -2.72. The molecule has 8 heteroatoms. The fourth-order valence-corrected chi connectivity index (χ4v) is 3.08. The summed E-state index contributed by atoms with van der Waals surface area (Å²) < 4.78 is 65.4. The molecule has 0 saturated heterocycles. The molecule has 0 radical (unpaired) electrons. The van der Waals surface area contributed by atoms with Gasteiger partial charge in [-0.1, -0.05) is 6.92 Å². The van der Waals surface area contributed by atoms with Crippen LogP contribution in [0.25, 0.3) is 0 Å². The molecule has 4 nitrogen and oxygen atoms in total. The molecule has 0 aromatic heterocycles. The van der Waals surface area contributed by atoms with Crippen LogP contribution in [0.3, 0.4) is 0 Å². The Kier molecular flexibility index (Phi) is 4.80. The summed E-state index contributed by atoms with van der Waals surface area (Å²) in [5.41, 5.74) is -0.933. The van der Waals surface area contributed by atoms with E-state index in [0.29, 0.717) is 12.1 Å². The van der Waals surface area contributed by atoms with Crippen molar-refractivity contribution in [3.05, 3.63) is 29.8 Å². The molecule has 0 fully saturated rings. The summed E-state index contributed by atoms with van der Waals surface area (Å²) in [6.07, 6.45) is -4.53. The molecule has 1 atom stereocenters. The summed E-state index contributed by atoms with van der Waals surface area (Å²) >= 11 is 0. The van der Waals surface area contributed by atoms with E-state index in [9.17, 15) is 26.4 Å². The lowest BCUT2D eigenvalue weighted by atomic mass is 10.2. The second-order valence-corrected chi connectivity index (χ2v) is 6.26. The summed E-state index contributed by atoms with van der Waals surface area (Å²) in [5, 5.41) is 0. The third-order valence-electron chi connectivity index (χ3n) is 2.61. The summed E-state index contributed by atoms with van der Waals surface area (Å²) in [5.74, 6) is -2.11. The van der Waals surface area contributed by atoms with Gasteiger partial charge < -0.3 is 4.74 Å². The maximum atomic E-state index is 12.4. The molecule has 0 amide bonds. The SMILES string of the molecule is COC(=O)C(C)CS(=O)(=O)c1ccc(C(F)(F)F)cc1. The third kappa shape index (κ3) is 3.96. The number of ether oxygens (including phenoxy) is 1. The number of methoxy groups -OCH3 is 1. The van der Waals surface area contributed by atoms with Gasteiger partial charge in [0, 0.05) is 0 Å². The zero-order valence-corrected chi connectivity index (χ0v) is 11.6. The van der Waals surface area contributed by atoms with E-state index >= 15 is 0 Å². The van der Waals surface area contributed by atoms with Crippen LogP contribution in [0.5, 0.6) is 0 Å². The average molecular weight is 310 g/mol. The van der Waals surface area contributed by atoms with Gasteiger partial charge in [0.25, 0.3) is 0 Å². The number of carbonyl (C=O) groups excluding carboxylic acids is 1. The topological polar surface area (TPSA) is 60.4 Å². The minimum atomic E-state index is -4.53. The lowest BCUT2D eigenvalue weighted by molar-refractivity contribution is -0.144. The number of hydrogen-bond acceptors (Lipinski definition) is 4. The minimum absolute atomic E-state index is 0.263. The predicted molar refractivity (Wildman–Crippen MR) is 64.7 cm³/mol. The average Bonchev–Trinajstić information content (AvgIpc) is 2.36. The van der Waals surface area contributed by atoms with Crippen LogP contribution >= 0.6 is 0 Å². The van der Waals surface area contributed by atoms with Crippen LogP contribution in [0.4, 0.5) is 13.2 Å². The van der Waals surface area contributed by atoms with Gasteiger partial charge in [0.2, 0.25) is 0 Å². The van der Waals surface area contributed by atoms with Crippen LogP contribution in [-0.2, 0) is 25.5 Å². The maximum absolute atomic E-state index is 12.4. The van der Waals surface area contributed by atoms with E-state index in [1.165, 1.54) is 6.92 Å².